The number of benzene rings is 1. The molecule has 0 amide bonds. The highest BCUT2D eigenvalue weighted by Gasteiger charge is 2.39. The Balaban J connectivity index is 2.50. The first-order valence-electron chi connectivity index (χ1n) is 5.77. The summed E-state index contributed by atoms with van der Waals surface area (Å²) in [5.74, 6) is 0.859. The zero-order chi connectivity index (χ0) is 15.0. The van der Waals surface area contributed by atoms with Crippen LogP contribution in [0.5, 0.6) is 0 Å². The fourth-order valence-corrected chi connectivity index (χ4v) is 8.09. The minimum Gasteiger partial charge on any atom is -0.227 e. The Morgan fingerprint density at radius 2 is 1.90 bits per heavy atom. The first kappa shape index (κ1) is 16.3. The summed E-state index contributed by atoms with van der Waals surface area (Å²) >= 11 is 4.66. The van der Waals surface area contributed by atoms with Crippen molar-refractivity contribution in [3.8, 4) is 0 Å². The molecule has 1 unspecified atom stereocenters. The van der Waals surface area contributed by atoms with Crippen molar-refractivity contribution in [1.29, 1.82) is 0 Å². The molecule has 1 heterocycles. The predicted octanol–water partition coefficient (Wildman–Crippen LogP) is 1.56. The molecule has 2 rings (SSSR count). The van der Waals surface area contributed by atoms with Crippen LogP contribution in [0.4, 0.5) is 0 Å². The highest BCUT2D eigenvalue weighted by atomic mass is 79.9. The molecule has 0 aromatic heterocycles. The fraction of sp³-hybridized carbons (Fsp3) is 0.455. The van der Waals surface area contributed by atoms with Crippen LogP contribution in [0.15, 0.2) is 33.6 Å². The topological polar surface area (TPSA) is 71.5 Å². The average Bonchev–Trinajstić information content (AvgIpc) is 2.38. The van der Waals surface area contributed by atoms with Gasteiger partial charge in [0, 0.05) is 28.8 Å². The van der Waals surface area contributed by atoms with Crippen LogP contribution >= 0.6 is 27.7 Å². The van der Waals surface area contributed by atoms with Crippen molar-refractivity contribution in [1.82, 2.24) is 4.31 Å². The van der Waals surface area contributed by atoms with Gasteiger partial charge >= 0.3 is 0 Å². The molecule has 0 aliphatic carbocycles. The van der Waals surface area contributed by atoms with Crippen molar-refractivity contribution >= 4 is 47.6 Å². The van der Waals surface area contributed by atoms with E-state index in [-0.39, 0.29) is 17.2 Å². The monoisotopic (exact) mass is 399 g/mol. The average molecular weight is 400 g/mol. The smallest absolute Gasteiger partial charge is 0.227 e. The predicted molar refractivity (Wildman–Crippen MR) is 84.0 cm³/mol. The summed E-state index contributed by atoms with van der Waals surface area (Å²) in [7, 11) is -7.30. The van der Waals surface area contributed by atoms with Gasteiger partial charge in [0.15, 0.2) is 9.84 Å². The largest absolute Gasteiger partial charge is 0.245 e. The summed E-state index contributed by atoms with van der Waals surface area (Å²) < 4.78 is 50.6. The molecule has 1 aliphatic rings. The molecule has 0 spiro atoms. The second kappa shape index (κ2) is 5.96. The van der Waals surface area contributed by atoms with Crippen molar-refractivity contribution in [2.75, 3.05) is 24.3 Å². The molecule has 1 aliphatic heterocycles. The van der Waals surface area contributed by atoms with E-state index < -0.39 is 25.2 Å². The third-order valence-corrected chi connectivity index (χ3v) is 8.65. The van der Waals surface area contributed by atoms with Crippen LogP contribution in [-0.4, -0.2) is 50.8 Å². The van der Waals surface area contributed by atoms with Crippen LogP contribution in [0.1, 0.15) is 0 Å². The second-order valence-corrected chi connectivity index (χ2v) is 10.5. The fourth-order valence-electron chi connectivity index (χ4n) is 1.96. The summed E-state index contributed by atoms with van der Waals surface area (Å²) in [6.45, 7) is 0.200. The molecule has 20 heavy (non-hydrogen) atoms. The molecular formula is C11H14BrNO4S3. The van der Waals surface area contributed by atoms with Crippen LogP contribution in [0, 0.1) is 0 Å². The van der Waals surface area contributed by atoms with E-state index in [1.54, 1.807) is 18.2 Å². The lowest BCUT2D eigenvalue weighted by Crippen LogP contribution is -2.49. The first-order chi connectivity index (χ1) is 9.24. The molecule has 0 bridgehead atoms. The number of nitrogens with zero attached hydrogens (tertiary/aromatic N) is 1. The zero-order valence-electron chi connectivity index (χ0n) is 10.7. The Kier molecular flexibility index (Phi) is 4.85. The molecule has 1 atom stereocenters. The van der Waals surface area contributed by atoms with Gasteiger partial charge in [-0.05, 0) is 28.1 Å². The maximum Gasteiger partial charge on any atom is 0.245 e. The Morgan fingerprint density at radius 3 is 2.50 bits per heavy atom. The molecule has 1 fully saturated rings. The van der Waals surface area contributed by atoms with Gasteiger partial charge in [-0.25, -0.2) is 16.8 Å². The van der Waals surface area contributed by atoms with Gasteiger partial charge in [-0.15, -0.1) is 0 Å². The van der Waals surface area contributed by atoms with Gasteiger partial charge in [0.1, 0.15) is 5.37 Å². The van der Waals surface area contributed by atoms with E-state index in [0.717, 1.165) is 10.6 Å². The molecule has 1 aromatic rings. The van der Waals surface area contributed by atoms with Crippen LogP contribution in [0.25, 0.3) is 0 Å². The number of hydrogen-bond acceptors (Lipinski definition) is 5. The zero-order valence-corrected chi connectivity index (χ0v) is 14.7. The van der Waals surface area contributed by atoms with Crippen molar-refractivity contribution in [2.24, 2.45) is 0 Å². The molecule has 9 heteroatoms. The summed E-state index contributed by atoms with van der Waals surface area (Å²) in [6.07, 6.45) is 1.08. The van der Waals surface area contributed by atoms with Crippen molar-refractivity contribution in [3.05, 3.63) is 28.7 Å². The number of sulfone groups is 1. The number of hydrogen-bond donors (Lipinski definition) is 0. The van der Waals surface area contributed by atoms with Crippen LogP contribution in [0.3, 0.4) is 0 Å². The van der Waals surface area contributed by atoms with Crippen molar-refractivity contribution < 1.29 is 16.8 Å². The highest BCUT2D eigenvalue weighted by Crippen LogP contribution is 2.30. The standard InChI is InChI=1S/C11H14BrNO4S3/c1-19(14,15)11-8-18-7-6-13(11)20(16,17)10-5-3-2-4-9(10)12/h2-5,11H,6-8H2,1H3. The lowest BCUT2D eigenvalue weighted by atomic mass is 10.4. The first-order valence-corrected chi connectivity index (χ1v) is 11.1. The maximum atomic E-state index is 12.7. The van der Waals surface area contributed by atoms with E-state index in [1.165, 1.54) is 17.8 Å². The van der Waals surface area contributed by atoms with E-state index >= 15 is 0 Å². The maximum absolute atomic E-state index is 12.7. The summed E-state index contributed by atoms with van der Waals surface area (Å²) in [5, 5.41) is -1.00. The molecule has 0 N–H and O–H groups in total. The molecule has 0 radical (unpaired) electrons. The normalized spacial score (nSPS) is 21.8. The van der Waals surface area contributed by atoms with Gasteiger partial charge < -0.3 is 0 Å². The van der Waals surface area contributed by atoms with Crippen LogP contribution in [-0.2, 0) is 19.9 Å². The van der Waals surface area contributed by atoms with E-state index in [1.807, 2.05) is 0 Å². The molecular weight excluding hydrogens is 386 g/mol. The van der Waals surface area contributed by atoms with Crippen molar-refractivity contribution in [2.45, 2.75) is 10.3 Å². The Labute approximate surface area is 131 Å². The van der Waals surface area contributed by atoms with Crippen molar-refractivity contribution in [3.63, 3.8) is 0 Å². The molecule has 0 saturated carbocycles. The van der Waals surface area contributed by atoms with E-state index in [0.29, 0.717) is 10.2 Å². The minimum absolute atomic E-state index is 0.0977. The Morgan fingerprint density at radius 1 is 1.25 bits per heavy atom. The summed E-state index contributed by atoms with van der Waals surface area (Å²) in [4.78, 5) is 0.0977. The molecule has 5 nitrogen and oxygen atoms in total. The second-order valence-electron chi connectivity index (χ2n) is 4.41. The lowest BCUT2D eigenvalue weighted by molar-refractivity contribution is 0.404. The van der Waals surface area contributed by atoms with Gasteiger partial charge in [0.25, 0.3) is 0 Å². The third kappa shape index (κ3) is 3.22. The minimum atomic E-state index is -3.83. The van der Waals surface area contributed by atoms with E-state index in [4.69, 9.17) is 0 Å². The SMILES string of the molecule is CS(=O)(=O)C1CSCCN1S(=O)(=O)c1ccccc1Br. The number of thioether (sulfide) groups is 1. The third-order valence-electron chi connectivity index (χ3n) is 2.96. The van der Waals surface area contributed by atoms with Crippen LogP contribution < -0.4 is 0 Å². The quantitative estimate of drug-likeness (QED) is 0.770. The van der Waals surface area contributed by atoms with Gasteiger partial charge in [-0.2, -0.15) is 16.1 Å². The summed E-state index contributed by atoms with van der Waals surface area (Å²) in [6, 6.07) is 6.43. The highest BCUT2D eigenvalue weighted by molar-refractivity contribution is 9.10. The van der Waals surface area contributed by atoms with Gasteiger partial charge in [0.05, 0.1) is 4.90 Å². The Hall–Kier alpha value is -0.0900. The molecule has 1 saturated heterocycles. The molecule has 112 valence electrons. The number of sulfonamides is 1. The Bertz CT molecular complexity index is 702. The van der Waals surface area contributed by atoms with Gasteiger partial charge in [-0.3, -0.25) is 0 Å². The lowest BCUT2D eigenvalue weighted by Gasteiger charge is -2.33. The van der Waals surface area contributed by atoms with E-state index in [2.05, 4.69) is 15.9 Å². The number of rotatable bonds is 3. The molecule has 1 aromatic carbocycles. The van der Waals surface area contributed by atoms with Crippen LogP contribution in [0.2, 0.25) is 0 Å². The van der Waals surface area contributed by atoms with E-state index in [9.17, 15) is 16.8 Å². The number of halogens is 1. The summed E-state index contributed by atoms with van der Waals surface area (Å²) in [5.41, 5.74) is 0. The van der Waals surface area contributed by atoms with Gasteiger partial charge in [0.2, 0.25) is 10.0 Å². The van der Waals surface area contributed by atoms with Gasteiger partial charge in [-0.1, -0.05) is 12.1 Å².